The van der Waals surface area contributed by atoms with E-state index < -0.39 is 30.6 Å². The van der Waals surface area contributed by atoms with Gasteiger partial charge in [-0.25, -0.2) is 4.99 Å². The number of aliphatic imine (C=N–C) groups is 1. The molecule has 0 aromatic heterocycles. The molecule has 14 heteroatoms. The van der Waals surface area contributed by atoms with Crippen LogP contribution in [-0.4, -0.2) is 90.0 Å². The lowest BCUT2D eigenvalue weighted by Crippen LogP contribution is -2.54. The van der Waals surface area contributed by atoms with Crippen molar-refractivity contribution >= 4 is 11.6 Å². The first-order valence-corrected chi connectivity index (χ1v) is 14.8. The average molecular weight is 639 g/mol. The summed E-state index contributed by atoms with van der Waals surface area (Å²) in [7, 11) is 0. The molecule has 1 aliphatic rings. The Morgan fingerprint density at radius 2 is 1.40 bits per heavy atom. The molecule has 0 N–H and O–H groups in total. The molecule has 45 heavy (non-hydrogen) atoms. The summed E-state index contributed by atoms with van der Waals surface area (Å²) in [5.41, 5.74) is 9.17. The quantitative estimate of drug-likeness (QED) is 0.0444. The van der Waals surface area contributed by atoms with Gasteiger partial charge in [0.2, 0.25) is 6.29 Å². The Labute approximate surface area is 261 Å². The van der Waals surface area contributed by atoms with Crippen LogP contribution in [0.2, 0.25) is 0 Å². The minimum Gasteiger partial charge on any atom is -0.441 e. The third-order valence-corrected chi connectivity index (χ3v) is 7.05. The van der Waals surface area contributed by atoms with Gasteiger partial charge in [0.15, 0.2) is 0 Å². The van der Waals surface area contributed by atoms with Crippen LogP contribution in [0.15, 0.2) is 70.8 Å². The molecule has 0 aliphatic carbocycles. The topological polar surface area (TPSA) is 126 Å². The van der Waals surface area contributed by atoms with E-state index in [1.165, 1.54) is 12.1 Å². The summed E-state index contributed by atoms with van der Waals surface area (Å²) in [4.78, 5) is 6.38. The maximum Gasteiger partial charge on any atom is 0.468 e. The molecule has 1 aliphatic heterocycles. The molecule has 11 nitrogen and oxygen atoms in total. The lowest BCUT2D eigenvalue weighted by atomic mass is 9.83. The number of ether oxygens (including phenoxy) is 7. The Morgan fingerprint density at radius 3 is 2.00 bits per heavy atom. The van der Waals surface area contributed by atoms with Crippen LogP contribution in [0, 0.1) is 11.8 Å². The van der Waals surface area contributed by atoms with E-state index >= 15 is 0 Å². The number of alkyl halides is 3. The molecular weight excluding hydrogens is 597 g/mol. The van der Waals surface area contributed by atoms with Gasteiger partial charge in [-0.15, -0.1) is 0 Å². The largest absolute Gasteiger partial charge is 0.468 e. The van der Waals surface area contributed by atoms with Crippen molar-refractivity contribution in [2.24, 2.45) is 21.9 Å². The molecule has 0 amide bonds. The number of hydrogen-bond acceptors (Lipinski definition) is 9. The number of hydrogen-bond donors (Lipinski definition) is 0. The Balaban J connectivity index is 1.53. The van der Waals surface area contributed by atoms with E-state index in [1.807, 2.05) is 44.2 Å². The van der Waals surface area contributed by atoms with Crippen LogP contribution in [0.4, 0.5) is 18.9 Å². The van der Waals surface area contributed by atoms with Crippen molar-refractivity contribution < 1.29 is 46.3 Å². The van der Waals surface area contributed by atoms with E-state index in [0.717, 1.165) is 5.56 Å². The summed E-state index contributed by atoms with van der Waals surface area (Å²) in [6, 6.07) is 17.1. The molecule has 1 heterocycles. The molecular formula is C31H41F3N4O7. The van der Waals surface area contributed by atoms with E-state index in [2.05, 4.69) is 15.0 Å². The van der Waals surface area contributed by atoms with Gasteiger partial charge in [-0.3, -0.25) is 0 Å². The zero-order valence-electron chi connectivity index (χ0n) is 25.5. The number of rotatable bonds is 19. The van der Waals surface area contributed by atoms with Crippen molar-refractivity contribution in [2.45, 2.75) is 45.1 Å². The number of nitrogens with zero attached hydrogens (tertiary/aromatic N) is 4. The zero-order chi connectivity index (χ0) is 32.3. The summed E-state index contributed by atoms with van der Waals surface area (Å²) in [6.07, 6.45) is -7.61. The van der Waals surface area contributed by atoms with Gasteiger partial charge >= 0.3 is 6.18 Å². The first-order valence-electron chi connectivity index (χ1n) is 14.8. The van der Waals surface area contributed by atoms with E-state index in [0.29, 0.717) is 39.6 Å². The Bertz CT molecular complexity index is 1170. The van der Waals surface area contributed by atoms with E-state index in [1.54, 1.807) is 18.2 Å². The van der Waals surface area contributed by atoms with Crippen LogP contribution in [0.5, 0.6) is 0 Å². The van der Waals surface area contributed by atoms with Crippen LogP contribution in [-0.2, 0) is 39.8 Å². The van der Waals surface area contributed by atoms with Gasteiger partial charge in [-0.2, -0.15) is 13.2 Å². The molecule has 1 fully saturated rings. The van der Waals surface area contributed by atoms with Crippen molar-refractivity contribution in [3.05, 3.63) is 76.7 Å². The fourth-order valence-corrected chi connectivity index (χ4v) is 4.44. The molecule has 2 aromatic carbocycles. The van der Waals surface area contributed by atoms with Gasteiger partial charge in [0.25, 0.3) is 5.90 Å². The number of azide groups is 1. The van der Waals surface area contributed by atoms with Crippen LogP contribution < -0.4 is 0 Å². The third kappa shape index (κ3) is 13.3. The highest BCUT2D eigenvalue weighted by atomic mass is 19.4. The van der Waals surface area contributed by atoms with E-state index in [-0.39, 0.29) is 43.9 Å². The second kappa shape index (κ2) is 20.0. The van der Waals surface area contributed by atoms with Crippen LogP contribution >= 0.6 is 0 Å². The molecule has 0 radical (unpaired) electrons. The molecule has 0 saturated carbocycles. The van der Waals surface area contributed by atoms with Gasteiger partial charge in [0, 0.05) is 11.5 Å². The molecule has 3 unspecified atom stereocenters. The maximum atomic E-state index is 14.1. The first kappa shape index (κ1) is 36.2. The highest BCUT2D eigenvalue weighted by Gasteiger charge is 2.48. The molecule has 0 bridgehead atoms. The van der Waals surface area contributed by atoms with Crippen molar-refractivity contribution in [2.75, 3.05) is 59.4 Å². The lowest BCUT2D eigenvalue weighted by molar-refractivity contribution is -0.271. The molecule has 2 aromatic rings. The minimum atomic E-state index is -4.86. The maximum absolute atomic E-state index is 14.1. The summed E-state index contributed by atoms with van der Waals surface area (Å²) < 4.78 is 81.9. The van der Waals surface area contributed by atoms with Crippen LogP contribution in [0.25, 0.3) is 10.4 Å². The van der Waals surface area contributed by atoms with Crippen LogP contribution in [0.3, 0.4) is 0 Å². The lowest BCUT2D eigenvalue weighted by Gasteiger charge is -2.44. The smallest absolute Gasteiger partial charge is 0.441 e. The predicted octanol–water partition coefficient (Wildman–Crippen LogP) is 6.25. The Morgan fingerprint density at radius 1 is 0.822 bits per heavy atom. The van der Waals surface area contributed by atoms with Crippen molar-refractivity contribution in [3.8, 4) is 0 Å². The highest BCUT2D eigenvalue weighted by Crippen LogP contribution is 2.35. The van der Waals surface area contributed by atoms with Crippen molar-refractivity contribution in [1.29, 1.82) is 0 Å². The second-order valence-corrected chi connectivity index (χ2v) is 10.3. The fraction of sp³-hybridized carbons (Fsp3) is 0.581. The Hall–Kier alpha value is -3.23. The summed E-state index contributed by atoms with van der Waals surface area (Å²) in [6.45, 7) is 6.81. The second-order valence-electron chi connectivity index (χ2n) is 10.3. The first-order chi connectivity index (χ1) is 21.8. The SMILES string of the molecule is C[C@@H]1C(COCCOCCOCCOCCN=[N+]=[N-])OC(O/C(=N/c2ccccc2)C(F)(F)F)C(OCc2ccccc2)[C@H]1C. The van der Waals surface area contributed by atoms with Crippen LogP contribution in [0.1, 0.15) is 19.4 Å². The summed E-state index contributed by atoms with van der Waals surface area (Å²) in [5.74, 6) is -1.76. The highest BCUT2D eigenvalue weighted by molar-refractivity contribution is 5.84. The number of benzene rings is 2. The minimum absolute atomic E-state index is 0.102. The molecule has 0 spiro atoms. The molecule has 5 atom stereocenters. The van der Waals surface area contributed by atoms with Gasteiger partial charge in [0.05, 0.1) is 71.3 Å². The zero-order valence-corrected chi connectivity index (χ0v) is 25.5. The normalized spacial score (nSPS) is 22.2. The van der Waals surface area contributed by atoms with Gasteiger partial charge in [-0.1, -0.05) is 67.5 Å². The van der Waals surface area contributed by atoms with E-state index in [9.17, 15) is 13.2 Å². The average Bonchev–Trinajstić information content (AvgIpc) is 3.03. The summed E-state index contributed by atoms with van der Waals surface area (Å²) >= 11 is 0. The molecule has 1 saturated heterocycles. The summed E-state index contributed by atoms with van der Waals surface area (Å²) in [5, 5.41) is 3.37. The Kier molecular flexibility index (Phi) is 16.1. The fourth-order valence-electron chi connectivity index (χ4n) is 4.44. The van der Waals surface area contributed by atoms with E-state index in [4.69, 9.17) is 38.7 Å². The van der Waals surface area contributed by atoms with Gasteiger partial charge < -0.3 is 33.2 Å². The molecule has 248 valence electrons. The third-order valence-electron chi connectivity index (χ3n) is 7.05. The standard InChI is InChI=1S/C31H41F3N4O7/c1-23-24(2)28(43-21-25-9-5-3-6-10-25)29(45-30(31(32,33)34)37-26-11-7-4-8-12-26)44-27(23)22-42-20-19-41-18-17-40-16-15-39-14-13-36-38-35/h3-12,23-24,27-29H,13-22H2,1-2H3/b37-30+/t23-,24-,27?,28?,29?/m0/s1. The number of para-hydroxylation sites is 1. The van der Waals surface area contributed by atoms with Crippen molar-refractivity contribution in [1.82, 2.24) is 0 Å². The monoisotopic (exact) mass is 638 g/mol. The van der Waals surface area contributed by atoms with Crippen molar-refractivity contribution in [3.63, 3.8) is 0 Å². The van der Waals surface area contributed by atoms with Gasteiger partial charge in [-0.05, 0) is 35.1 Å². The number of halogens is 3. The molecule has 3 rings (SSSR count). The predicted molar refractivity (Wildman–Crippen MR) is 160 cm³/mol. The van der Waals surface area contributed by atoms with Gasteiger partial charge in [0.1, 0.15) is 6.10 Å².